The van der Waals surface area contributed by atoms with Crippen molar-refractivity contribution >= 4 is 5.91 Å². The molecular formula is C27H30N2O4. The van der Waals surface area contributed by atoms with Crippen molar-refractivity contribution in [2.24, 2.45) is 0 Å². The molecule has 1 aromatic heterocycles. The predicted molar refractivity (Wildman–Crippen MR) is 128 cm³/mol. The molecule has 0 bridgehead atoms. The van der Waals surface area contributed by atoms with Crippen molar-refractivity contribution in [1.29, 1.82) is 0 Å². The number of ether oxygens (including phenoxy) is 3. The summed E-state index contributed by atoms with van der Waals surface area (Å²) >= 11 is 0. The summed E-state index contributed by atoms with van der Waals surface area (Å²) in [6.45, 7) is 3.36. The Kier molecular flexibility index (Phi) is 6.82. The van der Waals surface area contributed by atoms with Crippen LogP contribution in [0.25, 0.3) is 11.1 Å². The van der Waals surface area contributed by atoms with Gasteiger partial charge in [0.25, 0.3) is 5.91 Å². The van der Waals surface area contributed by atoms with Crippen molar-refractivity contribution in [2.75, 3.05) is 34.4 Å². The number of amides is 1. The van der Waals surface area contributed by atoms with Gasteiger partial charge in [0, 0.05) is 30.4 Å². The van der Waals surface area contributed by atoms with Crippen molar-refractivity contribution in [2.45, 2.75) is 25.7 Å². The summed E-state index contributed by atoms with van der Waals surface area (Å²) in [4.78, 5) is 20.1. The van der Waals surface area contributed by atoms with Crippen LogP contribution in [0.2, 0.25) is 0 Å². The van der Waals surface area contributed by atoms with E-state index in [9.17, 15) is 4.79 Å². The lowest BCUT2D eigenvalue weighted by molar-refractivity contribution is 0.0702. The van der Waals surface area contributed by atoms with Gasteiger partial charge in [-0.1, -0.05) is 12.1 Å². The van der Waals surface area contributed by atoms with E-state index in [1.54, 1.807) is 39.5 Å². The number of nitrogens with zero attached hydrogens (tertiary/aromatic N) is 2. The lowest BCUT2D eigenvalue weighted by Crippen LogP contribution is -2.39. The normalized spacial score (nSPS) is 15.8. The van der Waals surface area contributed by atoms with Crippen LogP contribution in [0.1, 0.15) is 40.5 Å². The third-order valence-corrected chi connectivity index (χ3v) is 6.16. The molecular weight excluding hydrogens is 416 g/mol. The van der Waals surface area contributed by atoms with Gasteiger partial charge >= 0.3 is 0 Å². The predicted octanol–water partition coefficient (Wildman–Crippen LogP) is 5.10. The van der Waals surface area contributed by atoms with Gasteiger partial charge in [-0.25, -0.2) is 0 Å². The Morgan fingerprint density at radius 1 is 0.909 bits per heavy atom. The van der Waals surface area contributed by atoms with Gasteiger partial charge in [-0.2, -0.15) is 0 Å². The van der Waals surface area contributed by atoms with Gasteiger partial charge in [-0.05, 0) is 73.4 Å². The van der Waals surface area contributed by atoms with Gasteiger partial charge in [0.15, 0.2) is 0 Å². The summed E-state index contributed by atoms with van der Waals surface area (Å²) < 4.78 is 16.0. The molecule has 0 radical (unpaired) electrons. The first-order valence-electron chi connectivity index (χ1n) is 11.2. The molecule has 6 heteroatoms. The van der Waals surface area contributed by atoms with Crippen molar-refractivity contribution < 1.29 is 19.0 Å². The molecule has 0 N–H and O–H groups in total. The molecule has 2 heterocycles. The topological polar surface area (TPSA) is 60.9 Å². The van der Waals surface area contributed by atoms with E-state index in [1.165, 1.54) is 0 Å². The fraction of sp³-hybridized carbons (Fsp3) is 0.333. The number of carbonyl (C=O) groups is 1. The first-order valence-corrected chi connectivity index (χ1v) is 11.2. The summed E-state index contributed by atoms with van der Waals surface area (Å²) in [6, 6.07) is 17.6. The zero-order chi connectivity index (χ0) is 23.4. The third-order valence-electron chi connectivity index (χ3n) is 6.16. The highest BCUT2D eigenvalue weighted by atomic mass is 16.5. The number of rotatable bonds is 6. The number of aromatic nitrogens is 1. The molecule has 1 amide bonds. The molecule has 33 heavy (non-hydrogen) atoms. The quantitative estimate of drug-likeness (QED) is 0.527. The molecule has 6 nitrogen and oxygen atoms in total. The second-order valence-corrected chi connectivity index (χ2v) is 8.31. The molecule has 2 aromatic carbocycles. The van der Waals surface area contributed by atoms with Gasteiger partial charge in [-0.3, -0.25) is 9.78 Å². The Balaban J connectivity index is 1.59. The van der Waals surface area contributed by atoms with E-state index < -0.39 is 0 Å². The highest BCUT2D eigenvalue weighted by molar-refractivity contribution is 5.97. The number of piperidine rings is 1. The van der Waals surface area contributed by atoms with Crippen LogP contribution in [0.5, 0.6) is 17.2 Å². The van der Waals surface area contributed by atoms with E-state index in [0.717, 1.165) is 41.1 Å². The molecule has 172 valence electrons. The smallest absolute Gasteiger partial charge is 0.257 e. The molecule has 1 aliphatic heterocycles. The summed E-state index contributed by atoms with van der Waals surface area (Å²) in [7, 11) is 4.84. The van der Waals surface area contributed by atoms with E-state index in [2.05, 4.69) is 24.3 Å². The Labute approximate surface area is 195 Å². The maximum absolute atomic E-state index is 13.4. The average Bonchev–Trinajstić information content (AvgIpc) is 2.87. The Hall–Kier alpha value is -3.54. The number of pyridine rings is 1. The van der Waals surface area contributed by atoms with E-state index in [-0.39, 0.29) is 11.8 Å². The molecule has 1 atom stereocenters. The number of methoxy groups -OCH3 is 3. The van der Waals surface area contributed by atoms with Crippen LogP contribution in [0, 0.1) is 6.92 Å². The summed E-state index contributed by atoms with van der Waals surface area (Å²) in [5, 5.41) is 0. The van der Waals surface area contributed by atoms with Gasteiger partial charge in [0.2, 0.25) is 0 Å². The van der Waals surface area contributed by atoms with Gasteiger partial charge in [-0.15, -0.1) is 0 Å². The molecule has 3 aromatic rings. The van der Waals surface area contributed by atoms with Crippen LogP contribution >= 0.6 is 0 Å². The molecule has 1 saturated heterocycles. The number of aryl methyl sites for hydroxylation is 1. The molecule has 0 aliphatic carbocycles. The maximum Gasteiger partial charge on any atom is 0.257 e. The average molecular weight is 447 g/mol. The Morgan fingerprint density at radius 3 is 2.33 bits per heavy atom. The van der Waals surface area contributed by atoms with Crippen molar-refractivity contribution in [3.63, 3.8) is 0 Å². The molecule has 1 aliphatic rings. The largest absolute Gasteiger partial charge is 0.497 e. The lowest BCUT2D eigenvalue weighted by atomic mass is 9.91. The number of likely N-dealkylation sites (tertiary alicyclic amines) is 1. The highest BCUT2D eigenvalue weighted by Crippen LogP contribution is 2.32. The van der Waals surface area contributed by atoms with Crippen LogP contribution in [0.15, 0.2) is 54.6 Å². The van der Waals surface area contributed by atoms with Crippen molar-refractivity contribution in [3.8, 4) is 28.4 Å². The van der Waals surface area contributed by atoms with Gasteiger partial charge in [0.05, 0.1) is 26.9 Å². The van der Waals surface area contributed by atoms with Crippen molar-refractivity contribution in [1.82, 2.24) is 9.88 Å². The maximum atomic E-state index is 13.4. The zero-order valence-corrected chi connectivity index (χ0v) is 19.6. The van der Waals surface area contributed by atoms with E-state index in [4.69, 9.17) is 19.2 Å². The second kappa shape index (κ2) is 9.94. The molecule has 0 saturated carbocycles. The van der Waals surface area contributed by atoms with E-state index >= 15 is 0 Å². The Bertz CT molecular complexity index is 1130. The number of hydrogen-bond donors (Lipinski definition) is 0. The van der Waals surface area contributed by atoms with Crippen LogP contribution < -0.4 is 14.2 Å². The summed E-state index contributed by atoms with van der Waals surface area (Å²) in [6.07, 6.45) is 1.92. The molecule has 0 unspecified atom stereocenters. The van der Waals surface area contributed by atoms with Crippen molar-refractivity contribution in [3.05, 3.63) is 71.5 Å². The second-order valence-electron chi connectivity index (χ2n) is 8.31. The van der Waals surface area contributed by atoms with Crippen LogP contribution in [0.4, 0.5) is 0 Å². The lowest BCUT2D eigenvalue weighted by Gasteiger charge is -2.33. The zero-order valence-electron chi connectivity index (χ0n) is 19.6. The van der Waals surface area contributed by atoms with Crippen LogP contribution in [0.3, 0.4) is 0 Å². The van der Waals surface area contributed by atoms with E-state index in [0.29, 0.717) is 30.2 Å². The standard InChI is InChI=1S/C27H30N2O4/c1-18-14-21(19-7-9-22(31-2)10-8-19)15-25(28-18)20-6-5-13-29(17-20)27(30)24-16-23(32-3)11-12-26(24)33-4/h7-12,14-16,20H,5-6,13,17H2,1-4H3/t20-/m0/s1. The van der Waals surface area contributed by atoms with Crippen LogP contribution in [-0.2, 0) is 0 Å². The molecule has 1 fully saturated rings. The minimum atomic E-state index is -0.0431. The Morgan fingerprint density at radius 2 is 1.64 bits per heavy atom. The van der Waals surface area contributed by atoms with Gasteiger partial charge < -0.3 is 19.1 Å². The highest BCUT2D eigenvalue weighted by Gasteiger charge is 2.28. The number of benzene rings is 2. The minimum absolute atomic E-state index is 0.0431. The fourth-order valence-electron chi connectivity index (χ4n) is 4.41. The summed E-state index contributed by atoms with van der Waals surface area (Å²) in [5.41, 5.74) is 4.76. The van der Waals surface area contributed by atoms with Gasteiger partial charge in [0.1, 0.15) is 17.2 Å². The first kappa shape index (κ1) is 22.6. The monoisotopic (exact) mass is 446 g/mol. The fourth-order valence-corrected chi connectivity index (χ4v) is 4.41. The first-order chi connectivity index (χ1) is 16.0. The molecule has 0 spiro atoms. The number of hydrogen-bond acceptors (Lipinski definition) is 5. The summed E-state index contributed by atoms with van der Waals surface area (Å²) in [5.74, 6) is 2.16. The SMILES string of the molecule is COc1ccc(-c2cc(C)nc([C@H]3CCCN(C(=O)c4cc(OC)ccc4OC)C3)c2)cc1. The third kappa shape index (κ3) is 4.95. The van der Waals surface area contributed by atoms with Crippen LogP contribution in [-0.4, -0.2) is 50.2 Å². The molecule has 4 rings (SSSR count). The number of carbonyl (C=O) groups excluding carboxylic acids is 1. The minimum Gasteiger partial charge on any atom is -0.497 e. The van der Waals surface area contributed by atoms with E-state index in [1.807, 2.05) is 24.0 Å².